The Hall–Kier alpha value is -2.88. The van der Waals surface area contributed by atoms with Gasteiger partial charge in [-0.25, -0.2) is 9.59 Å². The minimum absolute atomic E-state index is 0.0112. The Balaban J connectivity index is 3.28. The van der Waals surface area contributed by atoms with Gasteiger partial charge in [0.25, 0.3) is 11.5 Å². The summed E-state index contributed by atoms with van der Waals surface area (Å²) >= 11 is 0. The monoisotopic (exact) mass is 396 g/mol. The zero-order valence-electron chi connectivity index (χ0n) is 16.9. The molecule has 0 spiro atoms. The Morgan fingerprint density at radius 1 is 1.29 bits per heavy atom. The molecule has 0 atom stereocenters. The van der Waals surface area contributed by atoms with Gasteiger partial charge in [0.15, 0.2) is 12.3 Å². The molecule has 0 saturated heterocycles. The van der Waals surface area contributed by atoms with Crippen molar-refractivity contribution < 1.29 is 19.1 Å². The van der Waals surface area contributed by atoms with Crippen LogP contribution in [0, 0.1) is 5.92 Å². The molecule has 0 radical (unpaired) electrons. The molecule has 156 valence electrons. The fraction of sp³-hybridized carbons (Fsp3) is 0.556. The standard InChI is InChI=1S/C18H28N4O6/c1-11(2)8-14(24)28-10-13(23)21(6-7-27-5)15-16(19)22(9-12(3)4)18(26)20-17(15)25/h8,12H,6-7,9-10,19H2,1-5H3,(H,20,25,26). The van der Waals surface area contributed by atoms with E-state index < -0.39 is 29.7 Å². The summed E-state index contributed by atoms with van der Waals surface area (Å²) < 4.78 is 11.1. The van der Waals surface area contributed by atoms with E-state index in [2.05, 4.69) is 4.98 Å². The van der Waals surface area contributed by atoms with Crippen LogP contribution >= 0.6 is 0 Å². The zero-order chi connectivity index (χ0) is 21.4. The predicted octanol–water partition coefficient (Wildman–Crippen LogP) is 0.264. The normalized spacial score (nSPS) is 10.6. The minimum atomic E-state index is -0.803. The lowest BCUT2D eigenvalue weighted by Gasteiger charge is -2.24. The second-order valence-corrected chi connectivity index (χ2v) is 6.87. The van der Waals surface area contributed by atoms with Crippen LogP contribution in [0.15, 0.2) is 21.2 Å². The maximum Gasteiger partial charge on any atom is 0.331 e. The molecule has 0 bridgehead atoms. The molecule has 10 nitrogen and oxygen atoms in total. The second kappa shape index (κ2) is 10.5. The molecule has 0 aliphatic carbocycles. The summed E-state index contributed by atoms with van der Waals surface area (Å²) in [5, 5.41) is 0. The number of rotatable bonds is 9. The lowest BCUT2D eigenvalue weighted by Crippen LogP contribution is -2.44. The summed E-state index contributed by atoms with van der Waals surface area (Å²) in [7, 11) is 1.44. The van der Waals surface area contributed by atoms with Crippen LogP contribution in [-0.2, 0) is 25.6 Å². The zero-order valence-corrected chi connectivity index (χ0v) is 16.9. The highest BCUT2D eigenvalue weighted by Crippen LogP contribution is 2.18. The van der Waals surface area contributed by atoms with Gasteiger partial charge >= 0.3 is 11.7 Å². The van der Waals surface area contributed by atoms with Crippen LogP contribution in [0.2, 0.25) is 0 Å². The molecule has 1 aromatic heterocycles. The molecule has 0 aromatic carbocycles. The number of amides is 1. The fourth-order valence-electron chi connectivity index (χ4n) is 2.42. The highest BCUT2D eigenvalue weighted by atomic mass is 16.5. The maximum atomic E-state index is 12.6. The van der Waals surface area contributed by atoms with Crippen molar-refractivity contribution in [2.75, 3.05) is 37.5 Å². The Kier molecular flexibility index (Phi) is 8.65. The fourth-order valence-corrected chi connectivity index (χ4v) is 2.42. The van der Waals surface area contributed by atoms with E-state index in [1.807, 2.05) is 13.8 Å². The van der Waals surface area contributed by atoms with Crippen LogP contribution in [0.5, 0.6) is 0 Å². The maximum absolute atomic E-state index is 12.6. The van der Waals surface area contributed by atoms with Crippen LogP contribution in [0.1, 0.15) is 27.7 Å². The Morgan fingerprint density at radius 2 is 1.93 bits per heavy atom. The summed E-state index contributed by atoms with van der Waals surface area (Å²) in [4.78, 5) is 52.0. The van der Waals surface area contributed by atoms with E-state index in [0.717, 1.165) is 10.5 Å². The Bertz CT molecular complexity index is 849. The topological polar surface area (TPSA) is 137 Å². The number of nitrogens with zero attached hydrogens (tertiary/aromatic N) is 2. The number of ether oxygens (including phenoxy) is 2. The molecule has 0 saturated carbocycles. The van der Waals surface area contributed by atoms with Crippen molar-refractivity contribution in [1.29, 1.82) is 0 Å². The highest BCUT2D eigenvalue weighted by molar-refractivity contribution is 5.97. The molecule has 10 heteroatoms. The van der Waals surface area contributed by atoms with Crippen molar-refractivity contribution in [2.24, 2.45) is 5.92 Å². The van der Waals surface area contributed by atoms with Gasteiger partial charge in [-0.05, 0) is 19.8 Å². The van der Waals surface area contributed by atoms with E-state index in [1.54, 1.807) is 13.8 Å². The second-order valence-electron chi connectivity index (χ2n) is 6.87. The van der Waals surface area contributed by atoms with Gasteiger partial charge in [-0.15, -0.1) is 0 Å². The average Bonchev–Trinajstić information content (AvgIpc) is 2.58. The number of methoxy groups -OCH3 is 1. The lowest BCUT2D eigenvalue weighted by atomic mass is 10.2. The SMILES string of the molecule is COCCN(C(=O)COC(=O)C=C(C)C)c1c(N)n(CC(C)C)c(=O)[nH]c1=O. The Morgan fingerprint density at radius 3 is 2.46 bits per heavy atom. The van der Waals surface area contributed by atoms with Gasteiger partial charge in [-0.3, -0.25) is 24.0 Å². The molecular formula is C18H28N4O6. The molecule has 1 rings (SSSR count). The number of nitrogens with two attached hydrogens (primary N) is 1. The van der Waals surface area contributed by atoms with Gasteiger partial charge in [0.1, 0.15) is 5.82 Å². The van der Waals surface area contributed by atoms with Gasteiger partial charge in [0, 0.05) is 26.3 Å². The number of hydrogen-bond donors (Lipinski definition) is 2. The number of allylic oxidation sites excluding steroid dienone is 1. The molecular weight excluding hydrogens is 368 g/mol. The third kappa shape index (κ3) is 6.38. The van der Waals surface area contributed by atoms with Crippen molar-refractivity contribution in [3.8, 4) is 0 Å². The van der Waals surface area contributed by atoms with Gasteiger partial charge in [-0.2, -0.15) is 0 Å². The van der Waals surface area contributed by atoms with Gasteiger partial charge in [0.05, 0.1) is 6.61 Å². The van der Waals surface area contributed by atoms with E-state index >= 15 is 0 Å². The third-order valence-electron chi connectivity index (χ3n) is 3.60. The summed E-state index contributed by atoms with van der Waals surface area (Å²) in [6.45, 7) is 6.96. The molecule has 1 aromatic rings. The average molecular weight is 396 g/mol. The van der Waals surface area contributed by atoms with E-state index in [1.165, 1.54) is 17.8 Å². The number of nitrogens with one attached hydrogen (secondary N) is 1. The molecule has 1 amide bonds. The highest BCUT2D eigenvalue weighted by Gasteiger charge is 2.25. The first kappa shape index (κ1) is 23.2. The van der Waals surface area contributed by atoms with E-state index in [0.29, 0.717) is 0 Å². The molecule has 0 unspecified atom stereocenters. The predicted molar refractivity (Wildman–Crippen MR) is 105 cm³/mol. The molecule has 0 fully saturated rings. The number of H-pyrrole nitrogens is 1. The first-order valence-corrected chi connectivity index (χ1v) is 8.82. The van der Waals surface area contributed by atoms with Gasteiger partial charge in [0.2, 0.25) is 0 Å². The molecule has 1 heterocycles. The smallest absolute Gasteiger partial charge is 0.331 e. The third-order valence-corrected chi connectivity index (χ3v) is 3.60. The number of nitrogen functional groups attached to an aromatic ring is 1. The minimum Gasteiger partial charge on any atom is -0.452 e. The van der Waals surface area contributed by atoms with Crippen molar-refractivity contribution in [1.82, 2.24) is 9.55 Å². The van der Waals surface area contributed by atoms with Crippen LogP contribution in [0.25, 0.3) is 0 Å². The summed E-state index contributed by atoms with van der Waals surface area (Å²) in [5.41, 5.74) is 5.13. The summed E-state index contributed by atoms with van der Waals surface area (Å²) in [6, 6.07) is 0. The first-order chi connectivity index (χ1) is 13.1. The number of esters is 1. The summed E-state index contributed by atoms with van der Waals surface area (Å²) in [6.07, 6.45) is 1.25. The molecule has 3 N–H and O–H groups in total. The van der Waals surface area contributed by atoms with Gasteiger partial charge in [-0.1, -0.05) is 19.4 Å². The lowest BCUT2D eigenvalue weighted by molar-refractivity contribution is -0.143. The van der Waals surface area contributed by atoms with Crippen LogP contribution < -0.4 is 21.9 Å². The van der Waals surface area contributed by atoms with Crippen LogP contribution in [-0.4, -0.2) is 48.3 Å². The Labute approximate surface area is 162 Å². The number of aromatic nitrogens is 2. The van der Waals surface area contributed by atoms with Crippen LogP contribution in [0.3, 0.4) is 0 Å². The summed E-state index contributed by atoms with van der Waals surface area (Å²) in [5.74, 6) is -1.40. The van der Waals surface area contributed by atoms with Crippen molar-refractivity contribution in [3.63, 3.8) is 0 Å². The van der Waals surface area contributed by atoms with Crippen molar-refractivity contribution in [3.05, 3.63) is 32.5 Å². The van der Waals surface area contributed by atoms with E-state index in [4.69, 9.17) is 15.2 Å². The van der Waals surface area contributed by atoms with Crippen molar-refractivity contribution >= 4 is 23.4 Å². The number of anilines is 2. The number of aromatic amines is 1. The number of carbonyl (C=O) groups excluding carboxylic acids is 2. The number of carbonyl (C=O) groups is 2. The first-order valence-electron chi connectivity index (χ1n) is 8.82. The van der Waals surface area contributed by atoms with Gasteiger partial charge < -0.3 is 15.2 Å². The molecule has 28 heavy (non-hydrogen) atoms. The van der Waals surface area contributed by atoms with Crippen LogP contribution in [0.4, 0.5) is 11.5 Å². The van der Waals surface area contributed by atoms with E-state index in [9.17, 15) is 19.2 Å². The molecule has 0 aliphatic heterocycles. The van der Waals surface area contributed by atoms with E-state index in [-0.39, 0.29) is 37.1 Å². The quantitative estimate of drug-likeness (QED) is 0.451. The molecule has 0 aliphatic rings. The largest absolute Gasteiger partial charge is 0.452 e. The number of hydrogen-bond acceptors (Lipinski definition) is 7. The van der Waals surface area contributed by atoms with Crippen molar-refractivity contribution in [2.45, 2.75) is 34.2 Å².